The number of amides is 1. The first-order valence-electron chi connectivity index (χ1n) is 6.83. The van der Waals surface area contributed by atoms with E-state index >= 15 is 0 Å². The van der Waals surface area contributed by atoms with Crippen LogP contribution in [-0.4, -0.2) is 17.7 Å². The number of hydrogen-bond acceptors (Lipinski definition) is 2. The number of hydrogen-bond donors (Lipinski definition) is 1. The molecular weight excluding hydrogens is 261 g/mol. The molecule has 2 nitrogen and oxygen atoms in total. The molecule has 2 rings (SSSR count). The summed E-state index contributed by atoms with van der Waals surface area (Å²) in [7, 11) is 0. The lowest BCUT2D eigenvalue weighted by atomic mass is 9.86. The summed E-state index contributed by atoms with van der Waals surface area (Å²) in [6, 6.07) is 6.58. The van der Waals surface area contributed by atoms with E-state index in [1.165, 1.54) is 43.2 Å². The van der Waals surface area contributed by atoms with Crippen LogP contribution in [0.2, 0.25) is 0 Å². The highest BCUT2D eigenvalue weighted by atomic mass is 32.2. The van der Waals surface area contributed by atoms with E-state index in [0.29, 0.717) is 17.7 Å². The van der Waals surface area contributed by atoms with Crippen LogP contribution in [0.4, 0.5) is 4.39 Å². The molecule has 4 heteroatoms. The molecule has 1 amide bonds. The van der Waals surface area contributed by atoms with Crippen molar-refractivity contribution in [2.24, 2.45) is 5.92 Å². The van der Waals surface area contributed by atoms with Crippen LogP contribution in [0.1, 0.15) is 32.6 Å². The van der Waals surface area contributed by atoms with Crippen molar-refractivity contribution in [3.63, 3.8) is 0 Å². The van der Waals surface area contributed by atoms with Crippen LogP contribution in [0.5, 0.6) is 0 Å². The Balaban J connectivity index is 1.76. The lowest BCUT2D eigenvalue weighted by Gasteiger charge is -2.29. The molecule has 1 saturated carbocycles. The fourth-order valence-electron chi connectivity index (χ4n) is 2.46. The quantitative estimate of drug-likeness (QED) is 0.854. The molecule has 1 fully saturated rings. The summed E-state index contributed by atoms with van der Waals surface area (Å²) in [4.78, 5) is 12.8. The Morgan fingerprint density at radius 1 is 1.32 bits per heavy atom. The van der Waals surface area contributed by atoms with Crippen molar-refractivity contribution in [3.8, 4) is 0 Å². The Bertz CT molecular complexity index is 421. The zero-order chi connectivity index (χ0) is 13.7. The SMILES string of the molecule is C[C@H]1CCCC[C@H]1NC(=O)CSc1ccc(F)cc1. The van der Waals surface area contributed by atoms with Gasteiger partial charge in [-0.2, -0.15) is 0 Å². The number of carbonyl (C=O) groups is 1. The average Bonchev–Trinajstić information content (AvgIpc) is 2.41. The van der Waals surface area contributed by atoms with Gasteiger partial charge in [0.15, 0.2) is 0 Å². The Kier molecular flexibility index (Phi) is 5.25. The van der Waals surface area contributed by atoms with Gasteiger partial charge in [0.05, 0.1) is 5.75 Å². The monoisotopic (exact) mass is 281 g/mol. The van der Waals surface area contributed by atoms with E-state index in [4.69, 9.17) is 0 Å². The van der Waals surface area contributed by atoms with E-state index in [9.17, 15) is 9.18 Å². The van der Waals surface area contributed by atoms with Gasteiger partial charge in [0.2, 0.25) is 5.91 Å². The van der Waals surface area contributed by atoms with Crippen molar-refractivity contribution in [3.05, 3.63) is 30.1 Å². The molecule has 0 aromatic heterocycles. The molecule has 19 heavy (non-hydrogen) atoms. The molecule has 0 heterocycles. The smallest absolute Gasteiger partial charge is 0.230 e. The van der Waals surface area contributed by atoms with Crippen molar-refractivity contribution in [1.82, 2.24) is 5.32 Å². The summed E-state index contributed by atoms with van der Waals surface area (Å²) >= 11 is 1.45. The highest BCUT2D eigenvalue weighted by Gasteiger charge is 2.22. The first kappa shape index (κ1) is 14.4. The second-order valence-electron chi connectivity index (χ2n) is 5.18. The summed E-state index contributed by atoms with van der Waals surface area (Å²) < 4.78 is 12.7. The minimum atomic E-state index is -0.246. The maximum Gasteiger partial charge on any atom is 0.230 e. The van der Waals surface area contributed by atoms with Crippen LogP contribution in [0.15, 0.2) is 29.2 Å². The van der Waals surface area contributed by atoms with Gasteiger partial charge in [-0.3, -0.25) is 4.79 Å². The number of benzene rings is 1. The van der Waals surface area contributed by atoms with Crippen molar-refractivity contribution >= 4 is 17.7 Å². The van der Waals surface area contributed by atoms with Crippen LogP contribution in [-0.2, 0) is 4.79 Å². The molecule has 1 aromatic carbocycles. The van der Waals surface area contributed by atoms with Gasteiger partial charge in [-0.15, -0.1) is 11.8 Å². The van der Waals surface area contributed by atoms with Crippen molar-refractivity contribution in [2.75, 3.05) is 5.75 Å². The van der Waals surface area contributed by atoms with E-state index in [1.54, 1.807) is 12.1 Å². The fourth-order valence-corrected chi connectivity index (χ4v) is 3.17. The second kappa shape index (κ2) is 6.94. The lowest BCUT2D eigenvalue weighted by Crippen LogP contribution is -2.41. The first-order chi connectivity index (χ1) is 9.15. The number of nitrogens with one attached hydrogen (secondary N) is 1. The topological polar surface area (TPSA) is 29.1 Å². The highest BCUT2D eigenvalue weighted by Crippen LogP contribution is 2.24. The molecule has 104 valence electrons. The third kappa shape index (κ3) is 4.53. The van der Waals surface area contributed by atoms with Gasteiger partial charge >= 0.3 is 0 Å². The van der Waals surface area contributed by atoms with Crippen LogP contribution in [0.3, 0.4) is 0 Å². The van der Waals surface area contributed by atoms with E-state index in [-0.39, 0.29) is 11.7 Å². The zero-order valence-electron chi connectivity index (χ0n) is 11.2. The number of thioether (sulfide) groups is 1. The average molecular weight is 281 g/mol. The van der Waals surface area contributed by atoms with E-state index < -0.39 is 0 Å². The maximum atomic E-state index is 12.7. The number of rotatable bonds is 4. The molecule has 2 atom stereocenters. The molecular formula is C15H20FNOS. The zero-order valence-corrected chi connectivity index (χ0v) is 12.0. The predicted molar refractivity (Wildman–Crippen MR) is 76.7 cm³/mol. The second-order valence-corrected chi connectivity index (χ2v) is 6.23. The number of halogens is 1. The molecule has 0 saturated heterocycles. The summed E-state index contributed by atoms with van der Waals surface area (Å²) in [5.74, 6) is 0.806. The van der Waals surface area contributed by atoms with Crippen molar-refractivity contribution in [1.29, 1.82) is 0 Å². The summed E-state index contributed by atoms with van der Waals surface area (Å²) in [6.45, 7) is 2.21. The van der Waals surface area contributed by atoms with Gasteiger partial charge in [0, 0.05) is 10.9 Å². The molecule has 0 aliphatic heterocycles. The molecule has 1 N–H and O–H groups in total. The third-order valence-electron chi connectivity index (χ3n) is 3.64. The van der Waals surface area contributed by atoms with Gasteiger partial charge < -0.3 is 5.32 Å². The van der Waals surface area contributed by atoms with Gasteiger partial charge in [-0.25, -0.2) is 4.39 Å². The molecule has 0 unspecified atom stereocenters. The van der Waals surface area contributed by atoms with Gasteiger partial charge in [-0.05, 0) is 43.0 Å². The lowest BCUT2D eigenvalue weighted by molar-refractivity contribution is -0.119. The predicted octanol–water partition coefficient (Wildman–Crippen LogP) is 3.61. The van der Waals surface area contributed by atoms with Gasteiger partial charge in [0.25, 0.3) is 0 Å². The summed E-state index contributed by atoms with van der Waals surface area (Å²) in [6.07, 6.45) is 4.78. The Morgan fingerprint density at radius 2 is 2.00 bits per heavy atom. The van der Waals surface area contributed by atoms with E-state index in [2.05, 4.69) is 12.2 Å². The van der Waals surface area contributed by atoms with Crippen molar-refractivity contribution < 1.29 is 9.18 Å². The molecule has 0 spiro atoms. The van der Waals surface area contributed by atoms with Gasteiger partial charge in [0.1, 0.15) is 5.82 Å². The molecule has 1 aliphatic carbocycles. The molecule has 0 bridgehead atoms. The Morgan fingerprint density at radius 3 is 2.68 bits per heavy atom. The third-order valence-corrected chi connectivity index (χ3v) is 4.65. The van der Waals surface area contributed by atoms with Crippen LogP contribution < -0.4 is 5.32 Å². The molecule has 1 aliphatic rings. The highest BCUT2D eigenvalue weighted by molar-refractivity contribution is 8.00. The summed E-state index contributed by atoms with van der Waals surface area (Å²) in [5.41, 5.74) is 0. The molecule has 0 radical (unpaired) electrons. The minimum absolute atomic E-state index is 0.0769. The Hall–Kier alpha value is -1.03. The molecule has 1 aromatic rings. The van der Waals surface area contributed by atoms with Gasteiger partial charge in [-0.1, -0.05) is 19.8 Å². The maximum absolute atomic E-state index is 12.7. The fraction of sp³-hybridized carbons (Fsp3) is 0.533. The van der Waals surface area contributed by atoms with Crippen LogP contribution >= 0.6 is 11.8 Å². The largest absolute Gasteiger partial charge is 0.352 e. The van der Waals surface area contributed by atoms with Crippen molar-refractivity contribution in [2.45, 2.75) is 43.5 Å². The minimum Gasteiger partial charge on any atom is -0.352 e. The van der Waals surface area contributed by atoms with E-state index in [1.807, 2.05) is 0 Å². The summed E-state index contributed by atoms with van der Waals surface area (Å²) in [5, 5.41) is 3.12. The standard InChI is InChI=1S/C15H20FNOS/c1-11-4-2-3-5-14(11)17-15(18)10-19-13-8-6-12(16)7-9-13/h6-9,11,14H,2-5,10H2,1H3,(H,17,18)/t11-,14+/m0/s1. The Labute approximate surface area is 118 Å². The normalized spacial score (nSPS) is 23.1. The van der Waals surface area contributed by atoms with E-state index in [0.717, 1.165) is 11.3 Å². The van der Waals surface area contributed by atoms with Crippen LogP contribution in [0.25, 0.3) is 0 Å². The number of carbonyl (C=O) groups excluding carboxylic acids is 1. The van der Waals surface area contributed by atoms with Crippen LogP contribution in [0, 0.1) is 11.7 Å². The first-order valence-corrected chi connectivity index (χ1v) is 7.81.